The molecule has 1 N–H and O–H groups in total. The SMILES string of the molecule is CC(=O)OCC[C@@H]1CN([C@@H](c2ccccc2)c2ccc(Cl)cc2)CCN1.Cl.Cl. The highest BCUT2D eigenvalue weighted by atomic mass is 35.5. The smallest absolute Gasteiger partial charge is 0.302 e. The van der Waals surface area contributed by atoms with Gasteiger partial charge in [0, 0.05) is 37.6 Å². The fourth-order valence-electron chi connectivity index (χ4n) is 3.52. The third kappa shape index (κ3) is 6.94. The Morgan fingerprint density at radius 1 is 1.14 bits per heavy atom. The first-order valence-electron chi connectivity index (χ1n) is 9.04. The number of halogens is 3. The third-order valence-electron chi connectivity index (χ3n) is 4.72. The van der Waals surface area contributed by atoms with Gasteiger partial charge < -0.3 is 10.1 Å². The average molecular weight is 446 g/mol. The van der Waals surface area contributed by atoms with Crippen LogP contribution in [0.2, 0.25) is 5.02 Å². The second kappa shape index (κ2) is 12.3. The van der Waals surface area contributed by atoms with Gasteiger partial charge in [-0.15, -0.1) is 24.8 Å². The lowest BCUT2D eigenvalue weighted by Crippen LogP contribution is -2.52. The van der Waals surface area contributed by atoms with Crippen molar-refractivity contribution in [1.82, 2.24) is 10.2 Å². The van der Waals surface area contributed by atoms with Crippen LogP contribution in [0.15, 0.2) is 54.6 Å². The molecule has 3 rings (SSSR count). The van der Waals surface area contributed by atoms with E-state index in [9.17, 15) is 4.79 Å². The Bertz CT molecular complexity index is 713. The van der Waals surface area contributed by atoms with E-state index in [0.29, 0.717) is 12.6 Å². The summed E-state index contributed by atoms with van der Waals surface area (Å²) < 4.78 is 5.11. The van der Waals surface area contributed by atoms with Crippen LogP contribution in [0.1, 0.15) is 30.5 Å². The van der Waals surface area contributed by atoms with Gasteiger partial charge in [-0.2, -0.15) is 0 Å². The maximum atomic E-state index is 11.0. The Hall–Kier alpha value is -1.30. The lowest BCUT2D eigenvalue weighted by molar-refractivity contribution is -0.141. The van der Waals surface area contributed by atoms with Gasteiger partial charge in [-0.3, -0.25) is 9.69 Å². The monoisotopic (exact) mass is 444 g/mol. The fourth-order valence-corrected chi connectivity index (χ4v) is 3.64. The molecule has 0 aromatic heterocycles. The molecule has 1 aliphatic heterocycles. The van der Waals surface area contributed by atoms with Crippen LogP contribution in [0.3, 0.4) is 0 Å². The Morgan fingerprint density at radius 3 is 2.43 bits per heavy atom. The van der Waals surface area contributed by atoms with Crippen LogP contribution < -0.4 is 5.32 Å². The molecule has 1 heterocycles. The number of hydrogen-bond donors (Lipinski definition) is 1. The minimum absolute atomic E-state index is 0. The third-order valence-corrected chi connectivity index (χ3v) is 4.98. The van der Waals surface area contributed by atoms with Crippen molar-refractivity contribution < 1.29 is 9.53 Å². The van der Waals surface area contributed by atoms with Gasteiger partial charge in [0.05, 0.1) is 12.6 Å². The van der Waals surface area contributed by atoms with E-state index >= 15 is 0 Å². The molecule has 1 fully saturated rings. The van der Waals surface area contributed by atoms with Crippen molar-refractivity contribution in [3.05, 3.63) is 70.7 Å². The van der Waals surface area contributed by atoms with E-state index in [1.165, 1.54) is 18.1 Å². The summed E-state index contributed by atoms with van der Waals surface area (Å²) in [7, 11) is 0. The molecule has 0 aliphatic carbocycles. The highest BCUT2D eigenvalue weighted by molar-refractivity contribution is 6.30. The van der Waals surface area contributed by atoms with Gasteiger partial charge in [0.2, 0.25) is 0 Å². The lowest BCUT2D eigenvalue weighted by Gasteiger charge is -2.39. The standard InChI is InChI=1S/C21H25ClN2O2.2ClH/c1-16(25)26-14-11-20-15-24(13-12-23-20)21(17-5-3-2-4-6-17)18-7-9-19(22)10-8-18;;/h2-10,20-21,23H,11-15H2,1H3;2*1H/t20-,21+;;/m1../s1. The Kier molecular flexibility index (Phi) is 10.9. The van der Waals surface area contributed by atoms with Crippen molar-refractivity contribution in [2.24, 2.45) is 0 Å². The molecule has 2 aromatic carbocycles. The van der Waals surface area contributed by atoms with Crippen LogP contribution in [-0.4, -0.2) is 43.2 Å². The number of ether oxygens (including phenoxy) is 1. The van der Waals surface area contributed by atoms with E-state index < -0.39 is 0 Å². The molecule has 154 valence electrons. The Morgan fingerprint density at radius 2 is 1.79 bits per heavy atom. The van der Waals surface area contributed by atoms with Crippen molar-refractivity contribution in [2.75, 3.05) is 26.2 Å². The predicted molar refractivity (Wildman–Crippen MR) is 119 cm³/mol. The van der Waals surface area contributed by atoms with Crippen LogP contribution >= 0.6 is 36.4 Å². The maximum absolute atomic E-state index is 11.0. The number of benzene rings is 2. The van der Waals surface area contributed by atoms with E-state index in [2.05, 4.69) is 46.6 Å². The van der Waals surface area contributed by atoms with E-state index in [1.54, 1.807) is 0 Å². The topological polar surface area (TPSA) is 41.6 Å². The number of carbonyl (C=O) groups excluding carboxylic acids is 1. The van der Waals surface area contributed by atoms with Gasteiger partial charge in [-0.1, -0.05) is 54.1 Å². The zero-order chi connectivity index (χ0) is 18.4. The highest BCUT2D eigenvalue weighted by Gasteiger charge is 2.27. The van der Waals surface area contributed by atoms with Crippen LogP contribution in [0, 0.1) is 0 Å². The van der Waals surface area contributed by atoms with Crippen molar-refractivity contribution in [1.29, 1.82) is 0 Å². The maximum Gasteiger partial charge on any atom is 0.302 e. The molecule has 0 spiro atoms. The number of nitrogens with zero attached hydrogens (tertiary/aromatic N) is 1. The average Bonchev–Trinajstić information content (AvgIpc) is 2.65. The summed E-state index contributed by atoms with van der Waals surface area (Å²) in [5.74, 6) is -0.221. The minimum Gasteiger partial charge on any atom is -0.466 e. The van der Waals surface area contributed by atoms with Gasteiger partial charge in [0.1, 0.15) is 0 Å². The molecule has 2 atom stereocenters. The second-order valence-electron chi connectivity index (χ2n) is 6.64. The second-order valence-corrected chi connectivity index (χ2v) is 7.08. The number of piperazine rings is 1. The van der Waals surface area contributed by atoms with Crippen molar-refractivity contribution >= 4 is 42.4 Å². The number of carbonyl (C=O) groups is 1. The molecular weight excluding hydrogens is 419 g/mol. The molecule has 7 heteroatoms. The first-order valence-corrected chi connectivity index (χ1v) is 9.42. The van der Waals surface area contributed by atoms with E-state index in [-0.39, 0.29) is 36.8 Å². The van der Waals surface area contributed by atoms with E-state index in [4.69, 9.17) is 16.3 Å². The highest BCUT2D eigenvalue weighted by Crippen LogP contribution is 2.30. The van der Waals surface area contributed by atoms with Gasteiger partial charge in [-0.05, 0) is 29.7 Å². The number of hydrogen-bond acceptors (Lipinski definition) is 4. The molecule has 0 radical (unpaired) electrons. The molecule has 28 heavy (non-hydrogen) atoms. The van der Waals surface area contributed by atoms with Gasteiger partial charge >= 0.3 is 5.97 Å². The first kappa shape index (κ1) is 24.7. The normalized spacial score (nSPS) is 17.7. The Labute approximate surface area is 184 Å². The molecule has 0 amide bonds. The predicted octanol–water partition coefficient (Wildman–Crippen LogP) is 4.50. The summed E-state index contributed by atoms with van der Waals surface area (Å²) in [4.78, 5) is 13.5. The van der Waals surface area contributed by atoms with Crippen LogP contribution in [0.5, 0.6) is 0 Å². The van der Waals surface area contributed by atoms with Gasteiger partial charge in [-0.25, -0.2) is 0 Å². The van der Waals surface area contributed by atoms with Crippen LogP contribution in [-0.2, 0) is 9.53 Å². The number of rotatable bonds is 6. The van der Waals surface area contributed by atoms with Crippen molar-refractivity contribution in [3.63, 3.8) is 0 Å². The van der Waals surface area contributed by atoms with Gasteiger partial charge in [0.15, 0.2) is 0 Å². The molecule has 0 unspecified atom stereocenters. The molecule has 1 saturated heterocycles. The van der Waals surface area contributed by atoms with Crippen LogP contribution in [0.4, 0.5) is 0 Å². The molecule has 0 saturated carbocycles. The molecule has 1 aliphatic rings. The molecule has 2 aromatic rings. The Balaban J connectivity index is 0.00000196. The summed E-state index contributed by atoms with van der Waals surface area (Å²) in [6.07, 6.45) is 0.818. The van der Waals surface area contributed by atoms with E-state index in [0.717, 1.165) is 31.1 Å². The number of esters is 1. The molecular formula is C21H27Cl3N2O2. The summed E-state index contributed by atoms with van der Waals surface area (Å²) in [5.41, 5.74) is 2.51. The summed E-state index contributed by atoms with van der Waals surface area (Å²) in [5, 5.41) is 4.29. The van der Waals surface area contributed by atoms with Gasteiger partial charge in [0.25, 0.3) is 0 Å². The van der Waals surface area contributed by atoms with E-state index in [1.807, 2.05) is 18.2 Å². The molecule has 0 bridgehead atoms. The first-order chi connectivity index (χ1) is 12.6. The number of nitrogens with one attached hydrogen (secondary N) is 1. The summed E-state index contributed by atoms with van der Waals surface area (Å²) in [6, 6.07) is 19.2. The van der Waals surface area contributed by atoms with Crippen molar-refractivity contribution in [2.45, 2.75) is 25.4 Å². The summed E-state index contributed by atoms with van der Waals surface area (Å²) >= 11 is 6.09. The van der Waals surface area contributed by atoms with Crippen molar-refractivity contribution in [3.8, 4) is 0 Å². The summed E-state index contributed by atoms with van der Waals surface area (Å²) in [6.45, 7) is 4.70. The fraction of sp³-hybridized carbons (Fsp3) is 0.381. The molecule has 4 nitrogen and oxygen atoms in total. The lowest BCUT2D eigenvalue weighted by atomic mass is 9.95. The van der Waals surface area contributed by atoms with Crippen LogP contribution in [0.25, 0.3) is 0 Å². The zero-order valence-corrected chi connectivity index (χ0v) is 18.2. The largest absolute Gasteiger partial charge is 0.466 e. The minimum atomic E-state index is -0.221. The zero-order valence-electron chi connectivity index (χ0n) is 15.8. The quantitative estimate of drug-likeness (QED) is 0.665.